The number of hydrazone groups is 1. The smallest absolute Gasteiger partial charge is 0.255 e. The highest BCUT2D eigenvalue weighted by Gasteiger charge is 2.27. The molecule has 0 fully saturated rings. The summed E-state index contributed by atoms with van der Waals surface area (Å²) >= 11 is 5.01. The molecule has 33 heavy (non-hydrogen) atoms. The summed E-state index contributed by atoms with van der Waals surface area (Å²) in [7, 11) is -3.90. The molecule has 0 saturated heterocycles. The molecule has 3 aromatic rings. The van der Waals surface area contributed by atoms with Crippen LogP contribution in [0.3, 0.4) is 0 Å². The molecule has 3 rings (SSSR count). The second-order valence-electron chi connectivity index (χ2n) is 7.28. The fraction of sp³-hybridized carbons (Fsp3) is 0.167. The number of halogens is 1. The van der Waals surface area contributed by atoms with Crippen molar-refractivity contribution in [2.45, 2.75) is 23.3 Å². The topological polar surface area (TPSA) is 78.8 Å². The Balaban J connectivity index is 1.76. The van der Waals surface area contributed by atoms with E-state index in [1.54, 1.807) is 36.0 Å². The van der Waals surface area contributed by atoms with E-state index in [0.29, 0.717) is 0 Å². The van der Waals surface area contributed by atoms with Crippen molar-refractivity contribution >= 4 is 49.8 Å². The molecular weight excluding hydrogens is 522 g/mol. The number of amides is 1. The molecule has 0 bridgehead atoms. The van der Waals surface area contributed by atoms with Gasteiger partial charge in [0.05, 0.1) is 17.7 Å². The number of thioether (sulfide) groups is 1. The van der Waals surface area contributed by atoms with Gasteiger partial charge in [0.2, 0.25) is 10.0 Å². The van der Waals surface area contributed by atoms with Gasteiger partial charge in [0.15, 0.2) is 0 Å². The normalized spacial score (nSPS) is 11.8. The molecule has 0 aliphatic rings. The lowest BCUT2D eigenvalue weighted by Crippen LogP contribution is -2.39. The molecule has 1 amide bonds. The Bertz CT molecular complexity index is 1210. The maximum atomic E-state index is 13.3. The largest absolute Gasteiger partial charge is 0.272 e. The first-order valence-corrected chi connectivity index (χ1v) is 13.5. The van der Waals surface area contributed by atoms with Crippen molar-refractivity contribution in [2.24, 2.45) is 5.10 Å². The molecule has 0 atom stereocenters. The highest BCUT2D eigenvalue weighted by atomic mass is 79.9. The van der Waals surface area contributed by atoms with Crippen LogP contribution in [0.5, 0.6) is 0 Å². The van der Waals surface area contributed by atoms with Gasteiger partial charge in [-0.2, -0.15) is 9.41 Å². The Morgan fingerprint density at radius 2 is 1.67 bits per heavy atom. The molecule has 0 spiro atoms. The van der Waals surface area contributed by atoms with Gasteiger partial charge in [-0.05, 0) is 60.7 Å². The molecular formula is C24H24BrN3O3S2. The summed E-state index contributed by atoms with van der Waals surface area (Å²) in [6.45, 7) is 1.57. The van der Waals surface area contributed by atoms with Gasteiger partial charge in [-0.25, -0.2) is 13.8 Å². The second-order valence-corrected chi connectivity index (χ2v) is 11.0. The van der Waals surface area contributed by atoms with Crippen LogP contribution in [0.4, 0.5) is 0 Å². The number of nitrogens with one attached hydrogen (secondary N) is 1. The van der Waals surface area contributed by atoms with E-state index in [9.17, 15) is 13.2 Å². The quantitative estimate of drug-likeness (QED) is 0.237. The number of carbonyl (C=O) groups is 1. The highest BCUT2D eigenvalue weighted by Crippen LogP contribution is 2.20. The summed E-state index contributed by atoms with van der Waals surface area (Å²) in [6.07, 6.45) is 3.52. The zero-order chi connectivity index (χ0) is 23.8. The minimum absolute atomic E-state index is 0.0524. The van der Waals surface area contributed by atoms with E-state index in [4.69, 9.17) is 0 Å². The summed E-state index contributed by atoms with van der Waals surface area (Å²) in [5, 5.41) is 3.98. The molecule has 0 saturated carbocycles. The van der Waals surface area contributed by atoms with Gasteiger partial charge in [-0.3, -0.25) is 4.79 Å². The minimum atomic E-state index is -3.90. The fourth-order valence-corrected chi connectivity index (χ4v) is 5.00. The summed E-state index contributed by atoms with van der Waals surface area (Å²) in [5.41, 5.74) is 4.97. The van der Waals surface area contributed by atoms with E-state index in [-0.39, 0.29) is 18.0 Å². The third kappa shape index (κ3) is 7.26. The fourth-order valence-electron chi connectivity index (χ4n) is 2.94. The monoisotopic (exact) mass is 545 g/mol. The van der Waals surface area contributed by atoms with Gasteiger partial charge >= 0.3 is 0 Å². The Morgan fingerprint density at radius 3 is 2.27 bits per heavy atom. The van der Waals surface area contributed by atoms with Crippen molar-refractivity contribution in [1.29, 1.82) is 0 Å². The number of carbonyl (C=O) groups excluding carboxylic acids is 1. The molecule has 0 aliphatic heterocycles. The lowest BCUT2D eigenvalue weighted by molar-refractivity contribution is -0.121. The van der Waals surface area contributed by atoms with Crippen molar-refractivity contribution in [1.82, 2.24) is 9.73 Å². The predicted octanol–water partition coefficient (Wildman–Crippen LogP) is 4.82. The SMILES string of the molecule is CSc1ccc(/C=N\NC(=O)CN(Cc2ccc(Br)cc2)S(=O)(=O)c2ccc(C)cc2)cc1. The molecule has 6 nitrogen and oxygen atoms in total. The highest BCUT2D eigenvalue weighted by molar-refractivity contribution is 9.10. The van der Waals surface area contributed by atoms with E-state index in [0.717, 1.165) is 30.4 Å². The van der Waals surface area contributed by atoms with E-state index in [1.165, 1.54) is 6.21 Å². The molecule has 0 heterocycles. The molecule has 0 aromatic heterocycles. The van der Waals surface area contributed by atoms with Gasteiger partial charge in [0.1, 0.15) is 0 Å². The van der Waals surface area contributed by atoms with E-state index in [1.807, 2.05) is 61.7 Å². The van der Waals surface area contributed by atoms with Crippen LogP contribution in [0.15, 0.2) is 92.2 Å². The Hall–Kier alpha value is -2.46. The summed E-state index contributed by atoms with van der Waals surface area (Å²) < 4.78 is 28.6. The average Bonchev–Trinajstić information content (AvgIpc) is 2.81. The zero-order valence-electron chi connectivity index (χ0n) is 18.2. The Kier molecular flexibility index (Phi) is 8.85. The van der Waals surface area contributed by atoms with E-state index in [2.05, 4.69) is 26.5 Å². The van der Waals surface area contributed by atoms with Crippen molar-refractivity contribution in [3.8, 4) is 0 Å². The number of rotatable bonds is 9. The standard InChI is InChI=1S/C24H24BrN3O3S2/c1-18-3-13-23(14-4-18)33(30,31)28(16-20-5-9-21(25)10-6-20)17-24(29)27-26-15-19-7-11-22(32-2)12-8-19/h3-15H,16-17H2,1-2H3,(H,27,29)/b26-15-. The van der Waals surface area contributed by atoms with Crippen molar-refractivity contribution in [3.05, 3.63) is 94.0 Å². The maximum Gasteiger partial charge on any atom is 0.255 e. The van der Waals surface area contributed by atoms with E-state index >= 15 is 0 Å². The number of sulfonamides is 1. The summed E-state index contributed by atoms with van der Waals surface area (Å²) in [5.74, 6) is -0.528. The van der Waals surface area contributed by atoms with Crippen molar-refractivity contribution in [2.75, 3.05) is 12.8 Å². The third-order valence-electron chi connectivity index (χ3n) is 4.77. The van der Waals surface area contributed by atoms with E-state index < -0.39 is 15.9 Å². The van der Waals surface area contributed by atoms with Gasteiger partial charge in [0.25, 0.3) is 5.91 Å². The van der Waals surface area contributed by atoms with Crippen molar-refractivity contribution in [3.63, 3.8) is 0 Å². The Morgan fingerprint density at radius 1 is 1.03 bits per heavy atom. The lowest BCUT2D eigenvalue weighted by atomic mass is 10.2. The Labute approximate surface area is 207 Å². The molecule has 3 aromatic carbocycles. The first-order valence-electron chi connectivity index (χ1n) is 10.0. The average molecular weight is 547 g/mol. The van der Waals surface area contributed by atoms with Crippen LogP contribution in [-0.2, 0) is 21.4 Å². The van der Waals surface area contributed by atoms with Gasteiger partial charge < -0.3 is 0 Å². The zero-order valence-corrected chi connectivity index (χ0v) is 21.5. The molecule has 0 unspecified atom stereocenters. The van der Waals surface area contributed by atoms with Crippen LogP contribution in [0.25, 0.3) is 0 Å². The number of benzene rings is 3. The minimum Gasteiger partial charge on any atom is -0.272 e. The van der Waals surface area contributed by atoms with Crippen LogP contribution in [0.1, 0.15) is 16.7 Å². The molecule has 0 aliphatic carbocycles. The maximum absolute atomic E-state index is 13.3. The molecule has 0 radical (unpaired) electrons. The van der Waals surface area contributed by atoms with Crippen molar-refractivity contribution < 1.29 is 13.2 Å². The third-order valence-corrected chi connectivity index (χ3v) is 7.85. The van der Waals surface area contributed by atoms with Crippen LogP contribution < -0.4 is 5.43 Å². The number of aryl methyl sites for hydroxylation is 1. The summed E-state index contributed by atoms with van der Waals surface area (Å²) in [4.78, 5) is 13.8. The van der Waals surface area contributed by atoms with Gasteiger partial charge in [0, 0.05) is 15.9 Å². The predicted molar refractivity (Wildman–Crippen MR) is 137 cm³/mol. The van der Waals surface area contributed by atoms with Crippen LogP contribution in [-0.4, -0.2) is 37.6 Å². The van der Waals surface area contributed by atoms with Gasteiger partial charge in [-0.1, -0.05) is 57.9 Å². The summed E-state index contributed by atoms with van der Waals surface area (Å²) in [6, 6.07) is 21.6. The number of nitrogens with zero attached hydrogens (tertiary/aromatic N) is 2. The molecule has 172 valence electrons. The first-order chi connectivity index (χ1) is 15.8. The van der Waals surface area contributed by atoms with Crippen LogP contribution in [0.2, 0.25) is 0 Å². The second kappa shape index (κ2) is 11.6. The van der Waals surface area contributed by atoms with Crippen LogP contribution >= 0.6 is 27.7 Å². The number of hydrogen-bond donors (Lipinski definition) is 1. The molecule has 1 N–H and O–H groups in total. The molecule has 9 heteroatoms. The van der Waals surface area contributed by atoms with Crippen LogP contribution in [0, 0.1) is 6.92 Å². The van der Waals surface area contributed by atoms with Gasteiger partial charge in [-0.15, -0.1) is 11.8 Å². The first kappa shape index (κ1) is 25.2. The lowest BCUT2D eigenvalue weighted by Gasteiger charge is -2.21. The number of hydrogen-bond acceptors (Lipinski definition) is 5.